The Hall–Kier alpha value is -2.90. The van der Waals surface area contributed by atoms with Gasteiger partial charge in [-0.2, -0.15) is 5.10 Å². The lowest BCUT2D eigenvalue weighted by Crippen LogP contribution is -2.21. The molecule has 1 aromatic heterocycles. The summed E-state index contributed by atoms with van der Waals surface area (Å²) in [6, 6.07) is 2.93. The molecular weight excluding hydrogens is 267 g/mol. The molecule has 0 radical (unpaired) electrons. The average molecular weight is 278 g/mol. The number of hydrogen-bond acceptors (Lipinski definition) is 3. The van der Waals surface area contributed by atoms with Crippen molar-refractivity contribution in [3.63, 3.8) is 0 Å². The van der Waals surface area contributed by atoms with Gasteiger partial charge in [-0.05, 0) is 12.1 Å². The molecule has 20 heavy (non-hydrogen) atoms. The fraction of sp³-hybridized carbons (Fsp3) is 0.0833. The summed E-state index contributed by atoms with van der Waals surface area (Å²) in [6.45, 7) is 0. The number of carboxylic acid groups (broad SMARTS) is 1. The standard InChI is InChI=1S/C12H11FN4O3/c1-17-6-7(5-14-17)15-12(20)16-9-4-2-3-8(13)10(9)11(18)19/h2-6H,1H3,(H,18,19)(H2,15,16,20). The predicted octanol–water partition coefficient (Wildman–Crippen LogP) is 1.90. The lowest BCUT2D eigenvalue weighted by molar-refractivity contribution is 0.0693. The van der Waals surface area contributed by atoms with Crippen molar-refractivity contribution < 1.29 is 19.1 Å². The minimum atomic E-state index is -1.46. The molecule has 3 N–H and O–H groups in total. The molecule has 0 saturated heterocycles. The summed E-state index contributed by atoms with van der Waals surface area (Å²) < 4.78 is 14.9. The zero-order chi connectivity index (χ0) is 14.7. The van der Waals surface area contributed by atoms with E-state index in [1.807, 2.05) is 0 Å². The van der Waals surface area contributed by atoms with Crippen LogP contribution in [0.2, 0.25) is 0 Å². The number of aromatic carboxylic acids is 1. The van der Waals surface area contributed by atoms with Crippen molar-refractivity contribution in [1.82, 2.24) is 9.78 Å². The normalized spacial score (nSPS) is 10.1. The number of anilines is 2. The highest BCUT2D eigenvalue weighted by molar-refractivity contribution is 6.04. The van der Waals surface area contributed by atoms with Crippen LogP contribution in [0.5, 0.6) is 0 Å². The third kappa shape index (κ3) is 2.91. The predicted molar refractivity (Wildman–Crippen MR) is 69.2 cm³/mol. The Bertz CT molecular complexity index is 668. The lowest BCUT2D eigenvalue weighted by atomic mass is 10.1. The number of halogens is 1. The Balaban J connectivity index is 2.16. The molecule has 1 aromatic carbocycles. The van der Waals surface area contributed by atoms with E-state index in [1.54, 1.807) is 13.2 Å². The molecule has 0 spiro atoms. The number of benzene rings is 1. The zero-order valence-corrected chi connectivity index (χ0v) is 10.4. The van der Waals surface area contributed by atoms with Crippen LogP contribution in [0.4, 0.5) is 20.6 Å². The summed E-state index contributed by atoms with van der Waals surface area (Å²) in [6.07, 6.45) is 2.98. The molecule has 0 aliphatic heterocycles. The molecule has 0 atom stereocenters. The first-order chi connectivity index (χ1) is 9.47. The fourth-order valence-electron chi connectivity index (χ4n) is 1.62. The summed E-state index contributed by atoms with van der Waals surface area (Å²) in [5, 5.41) is 17.5. The van der Waals surface area contributed by atoms with Crippen LogP contribution in [0.25, 0.3) is 0 Å². The molecule has 0 bridgehead atoms. The third-order valence-electron chi connectivity index (χ3n) is 2.44. The SMILES string of the molecule is Cn1cc(NC(=O)Nc2cccc(F)c2C(=O)O)cn1. The van der Waals surface area contributed by atoms with E-state index >= 15 is 0 Å². The van der Waals surface area contributed by atoms with E-state index in [0.717, 1.165) is 6.07 Å². The average Bonchev–Trinajstić information content (AvgIpc) is 2.74. The highest BCUT2D eigenvalue weighted by atomic mass is 19.1. The number of rotatable bonds is 3. The molecule has 0 aliphatic carbocycles. The second-order valence-corrected chi connectivity index (χ2v) is 3.95. The van der Waals surface area contributed by atoms with Crippen molar-refractivity contribution in [3.05, 3.63) is 42.0 Å². The summed E-state index contributed by atoms with van der Waals surface area (Å²) in [7, 11) is 1.68. The van der Waals surface area contributed by atoms with Gasteiger partial charge in [-0.25, -0.2) is 14.0 Å². The maximum atomic E-state index is 13.4. The Morgan fingerprint density at radius 3 is 2.70 bits per heavy atom. The van der Waals surface area contributed by atoms with Crippen molar-refractivity contribution in [2.24, 2.45) is 7.05 Å². The minimum Gasteiger partial charge on any atom is -0.478 e. The number of aromatic nitrogens is 2. The molecule has 104 valence electrons. The molecule has 0 unspecified atom stereocenters. The van der Waals surface area contributed by atoms with E-state index in [1.165, 1.54) is 23.0 Å². The van der Waals surface area contributed by atoms with Gasteiger partial charge in [-0.3, -0.25) is 4.68 Å². The van der Waals surface area contributed by atoms with Crippen molar-refractivity contribution in [1.29, 1.82) is 0 Å². The van der Waals surface area contributed by atoms with Gasteiger partial charge >= 0.3 is 12.0 Å². The van der Waals surface area contributed by atoms with E-state index in [4.69, 9.17) is 5.11 Å². The lowest BCUT2D eigenvalue weighted by Gasteiger charge is -2.09. The molecule has 0 fully saturated rings. The van der Waals surface area contributed by atoms with E-state index in [2.05, 4.69) is 15.7 Å². The van der Waals surface area contributed by atoms with Gasteiger partial charge in [-0.1, -0.05) is 6.07 Å². The van der Waals surface area contributed by atoms with Crippen LogP contribution in [0, 0.1) is 5.82 Å². The second kappa shape index (κ2) is 5.39. The maximum absolute atomic E-state index is 13.4. The van der Waals surface area contributed by atoms with Crippen molar-refractivity contribution in [2.75, 3.05) is 10.6 Å². The molecule has 0 aliphatic rings. The Labute approximate surface area is 113 Å². The van der Waals surface area contributed by atoms with Crippen LogP contribution in [0.1, 0.15) is 10.4 Å². The van der Waals surface area contributed by atoms with Gasteiger partial charge in [0.15, 0.2) is 0 Å². The number of carbonyl (C=O) groups excluding carboxylic acids is 1. The number of carboxylic acids is 1. The Morgan fingerprint density at radius 2 is 2.10 bits per heavy atom. The zero-order valence-electron chi connectivity index (χ0n) is 10.4. The molecule has 8 heteroatoms. The summed E-state index contributed by atoms with van der Waals surface area (Å²) in [5.41, 5.74) is -0.286. The second-order valence-electron chi connectivity index (χ2n) is 3.95. The van der Waals surface area contributed by atoms with Gasteiger partial charge in [0.05, 0.1) is 17.6 Å². The van der Waals surface area contributed by atoms with Crippen LogP contribution in [-0.4, -0.2) is 26.9 Å². The highest BCUT2D eigenvalue weighted by Crippen LogP contribution is 2.19. The fourth-order valence-corrected chi connectivity index (χ4v) is 1.62. The molecule has 2 amide bonds. The first-order valence-corrected chi connectivity index (χ1v) is 5.56. The largest absolute Gasteiger partial charge is 0.478 e. The van der Waals surface area contributed by atoms with Gasteiger partial charge in [0, 0.05) is 13.2 Å². The maximum Gasteiger partial charge on any atom is 0.340 e. The van der Waals surface area contributed by atoms with Gasteiger partial charge in [0.25, 0.3) is 0 Å². The minimum absolute atomic E-state index is 0.126. The van der Waals surface area contributed by atoms with Crippen LogP contribution < -0.4 is 10.6 Å². The molecule has 1 heterocycles. The molecule has 0 saturated carbocycles. The van der Waals surface area contributed by atoms with Gasteiger partial charge in [0.1, 0.15) is 11.4 Å². The number of nitrogens with zero attached hydrogens (tertiary/aromatic N) is 2. The number of nitrogens with one attached hydrogen (secondary N) is 2. The number of hydrogen-bond donors (Lipinski definition) is 3. The van der Waals surface area contributed by atoms with E-state index in [-0.39, 0.29) is 5.69 Å². The first kappa shape index (κ1) is 13.5. The molecule has 2 aromatic rings. The third-order valence-corrected chi connectivity index (χ3v) is 2.44. The van der Waals surface area contributed by atoms with Crippen molar-refractivity contribution in [3.8, 4) is 0 Å². The van der Waals surface area contributed by atoms with Crippen LogP contribution in [0.15, 0.2) is 30.6 Å². The summed E-state index contributed by atoms with van der Waals surface area (Å²) >= 11 is 0. The molecule has 7 nitrogen and oxygen atoms in total. The summed E-state index contributed by atoms with van der Waals surface area (Å²) in [4.78, 5) is 22.7. The molecule has 2 rings (SSSR count). The number of amides is 2. The van der Waals surface area contributed by atoms with Crippen molar-refractivity contribution >= 4 is 23.4 Å². The summed E-state index contributed by atoms with van der Waals surface area (Å²) in [5.74, 6) is -2.38. The number of carbonyl (C=O) groups is 2. The van der Waals surface area contributed by atoms with E-state index in [0.29, 0.717) is 5.69 Å². The van der Waals surface area contributed by atoms with E-state index < -0.39 is 23.4 Å². The Kier molecular flexibility index (Phi) is 3.65. The number of urea groups is 1. The first-order valence-electron chi connectivity index (χ1n) is 5.56. The smallest absolute Gasteiger partial charge is 0.340 e. The van der Waals surface area contributed by atoms with Crippen molar-refractivity contribution in [2.45, 2.75) is 0 Å². The van der Waals surface area contributed by atoms with Gasteiger partial charge < -0.3 is 15.7 Å². The quantitative estimate of drug-likeness (QED) is 0.798. The van der Waals surface area contributed by atoms with Gasteiger partial charge in [-0.15, -0.1) is 0 Å². The highest BCUT2D eigenvalue weighted by Gasteiger charge is 2.17. The van der Waals surface area contributed by atoms with E-state index in [9.17, 15) is 14.0 Å². The molecular formula is C12H11FN4O3. The topological polar surface area (TPSA) is 96.2 Å². The van der Waals surface area contributed by atoms with Gasteiger partial charge in [0.2, 0.25) is 0 Å². The van der Waals surface area contributed by atoms with Crippen LogP contribution in [0.3, 0.4) is 0 Å². The van der Waals surface area contributed by atoms with Crippen LogP contribution in [-0.2, 0) is 7.05 Å². The van der Waals surface area contributed by atoms with Crippen LogP contribution >= 0.6 is 0 Å². The number of aryl methyl sites for hydroxylation is 1. The Morgan fingerprint density at radius 1 is 1.35 bits per heavy atom. The monoisotopic (exact) mass is 278 g/mol.